The van der Waals surface area contributed by atoms with Gasteiger partial charge in [0.15, 0.2) is 0 Å². The maximum atomic E-state index is 4.66. The average molecular weight is 1850 g/mol. The van der Waals surface area contributed by atoms with Crippen molar-refractivity contribution in [3.05, 3.63) is 171 Å². The molecule has 0 radical (unpaired) electrons. The van der Waals surface area contributed by atoms with Gasteiger partial charge >= 0.3 is 0 Å². The molecule has 5 unspecified atom stereocenters. The third-order valence-corrected chi connectivity index (χ3v) is 26.8. The van der Waals surface area contributed by atoms with E-state index < -0.39 is 0 Å². The van der Waals surface area contributed by atoms with E-state index in [4.69, 9.17) is 0 Å². The molecule has 12 rings (SSSR count). The van der Waals surface area contributed by atoms with E-state index in [-0.39, 0.29) is 0 Å². The highest BCUT2D eigenvalue weighted by Crippen LogP contribution is 2.62. The van der Waals surface area contributed by atoms with Gasteiger partial charge in [-0.3, -0.25) is 14.9 Å². The van der Waals surface area contributed by atoms with E-state index in [9.17, 15) is 0 Å². The molecule has 5 aromatic rings. The summed E-state index contributed by atoms with van der Waals surface area (Å²) in [4.78, 5) is 21.9. The Morgan fingerprint density at radius 1 is 0.301 bits per heavy atom. The van der Waals surface area contributed by atoms with Gasteiger partial charge in [-0.2, -0.15) is 0 Å². The lowest BCUT2D eigenvalue weighted by Crippen LogP contribution is -2.41. The van der Waals surface area contributed by atoms with Crippen LogP contribution in [0.3, 0.4) is 0 Å². The number of nitrogens with zero attached hydrogens (tertiary/aromatic N) is 7. The second-order valence-corrected chi connectivity index (χ2v) is 41.8. The molecule has 7 heterocycles. The Labute approximate surface area is 838 Å². The normalized spacial score (nSPS) is 17.8. The predicted octanol–water partition coefficient (Wildman–Crippen LogP) is 39.0. The molecule has 1 saturated carbocycles. The van der Waals surface area contributed by atoms with Crippen molar-refractivity contribution in [3.8, 4) is 0 Å². The van der Waals surface area contributed by atoms with Crippen LogP contribution in [-0.4, -0.2) is 118 Å². The van der Waals surface area contributed by atoms with Crippen molar-refractivity contribution in [1.82, 2.24) is 29.5 Å². The summed E-state index contributed by atoms with van der Waals surface area (Å²) in [6, 6.07) is 41.5. The number of pyridine rings is 1. The van der Waals surface area contributed by atoms with Crippen molar-refractivity contribution >= 4 is 5.84 Å². The summed E-state index contributed by atoms with van der Waals surface area (Å²) in [5.41, 5.74) is 16.6. The maximum Gasteiger partial charge on any atom is 0.102 e. The molecule has 1 spiro atoms. The molecule has 0 bridgehead atoms. The van der Waals surface area contributed by atoms with Crippen molar-refractivity contribution < 1.29 is 0 Å². The van der Waals surface area contributed by atoms with Gasteiger partial charge < -0.3 is 19.6 Å². The first-order valence-corrected chi connectivity index (χ1v) is 56.5. The number of piperidine rings is 3. The molecule has 778 valence electrons. The molecule has 7 nitrogen and oxygen atoms in total. The summed E-state index contributed by atoms with van der Waals surface area (Å²) < 4.78 is 0. The van der Waals surface area contributed by atoms with E-state index in [0.29, 0.717) is 65.2 Å². The fourth-order valence-corrected chi connectivity index (χ4v) is 17.6. The van der Waals surface area contributed by atoms with Gasteiger partial charge in [0.25, 0.3) is 0 Å². The van der Waals surface area contributed by atoms with Gasteiger partial charge in [0.05, 0.1) is 12.6 Å². The molecule has 5 atom stereocenters. The van der Waals surface area contributed by atoms with Crippen LogP contribution in [-0.2, 0) is 13.1 Å². The van der Waals surface area contributed by atoms with E-state index in [1.165, 1.54) is 164 Å². The minimum absolute atomic E-state index is 0.531. The Hall–Kier alpha value is -4.66. The molecular weight excluding hydrogens is 1610 g/mol. The minimum Gasteiger partial charge on any atom is -0.355 e. The third-order valence-electron chi connectivity index (χ3n) is 26.8. The second kappa shape index (κ2) is 80.1. The fourth-order valence-electron chi connectivity index (χ4n) is 17.6. The lowest BCUT2D eigenvalue weighted by atomic mass is 9.87. The fraction of sp³-hybridized carbons (Fsp3) is 0.762. The van der Waals surface area contributed by atoms with Gasteiger partial charge in [0.2, 0.25) is 0 Å². The van der Waals surface area contributed by atoms with Crippen molar-refractivity contribution in [1.29, 1.82) is 0 Å². The van der Waals surface area contributed by atoms with Crippen molar-refractivity contribution in [3.63, 3.8) is 0 Å². The molecule has 4 aromatic carbocycles. The van der Waals surface area contributed by atoms with Crippen LogP contribution in [0.1, 0.15) is 540 Å². The van der Waals surface area contributed by atoms with Gasteiger partial charge in [-0.05, 0) is 307 Å². The maximum absolute atomic E-state index is 4.66. The van der Waals surface area contributed by atoms with Crippen LogP contribution in [0, 0.1) is 58.7 Å². The van der Waals surface area contributed by atoms with Crippen molar-refractivity contribution in [2.24, 2.45) is 63.7 Å². The topological polar surface area (TPSA) is 41.5 Å². The van der Waals surface area contributed by atoms with Gasteiger partial charge in [-0.15, -0.1) is 0 Å². The smallest absolute Gasteiger partial charge is 0.102 e. The molecule has 0 amide bonds. The number of hydrogen-bond acceptors (Lipinski definition) is 7. The van der Waals surface area contributed by atoms with Crippen LogP contribution in [0.5, 0.6) is 0 Å². The zero-order valence-corrected chi connectivity index (χ0v) is 100. The second-order valence-electron chi connectivity index (χ2n) is 41.8. The molecule has 6 aliphatic heterocycles. The first-order valence-electron chi connectivity index (χ1n) is 56.5. The van der Waals surface area contributed by atoms with Gasteiger partial charge in [-0.1, -0.05) is 409 Å². The molecule has 1 aromatic heterocycles. The Morgan fingerprint density at radius 3 is 0.977 bits per heavy atom. The van der Waals surface area contributed by atoms with E-state index in [2.05, 4.69) is 387 Å². The highest BCUT2D eigenvalue weighted by Gasteiger charge is 2.55. The number of fused-ring (bicyclic) bond motifs is 2. The molecule has 1 aliphatic carbocycles. The quantitative estimate of drug-likeness (QED) is 0.0871. The highest BCUT2D eigenvalue weighted by atomic mass is 15.3. The molecule has 5 fully saturated rings. The molecule has 7 heteroatoms. The van der Waals surface area contributed by atoms with E-state index in [1.807, 2.05) is 131 Å². The molecule has 0 N–H and O–H groups in total. The standard InChI is InChI=1S/C14H21N.C13H25N.C12H22N2.3C12H18.C11H17N.2C11H23N.9C2H6/c1-10(2)12-5-6-13-8-15(11(3)4)9-14(13)7-12;1-10(2)12-9-13(12)5-7-14(8-6-13)11(3)4;1-8(2)10-5-11-6-13-12(9(3)4)14(11)7-10;1-9(2)11-5-7-12(8-6-11)10(3)4;1-9(2)11-6-5-7-12(8-11)10(3)4;1-9(2)11-7-5-6-8-12(11)10(3)4;1-8(2)10-5-6-12-11(7-10)9(3)4;2*1-9(2)11-6-5-7-12(8-11)10(3)4;9*1-2/h5-7,10-11H,8-9H2,1-4H3;10-12H,5-9H2,1-4H3;8-11H,5-7H2,1-4H3;3*5-10H,1-4H3;5-9H,1-4H3;2*9-11H,5-8H2,1-4H3;9*1-2H3. The zero-order valence-electron chi connectivity index (χ0n) is 100. The number of aromatic nitrogens is 1. The SMILES string of the molecule is CC.CC.CC.CC.CC.CC.CC.CC.CC.CC(C)C1=NCC2CC(C(C)C)CN12.CC(C)C1CC12CCN(C(C)C)CC2.CC(C)C1CCCN(C(C)C)C1.CC(C)C1CCCN(C(C)C)C1.CC(C)c1ccc(C(C)C)cc1.CC(C)c1ccc2c(c1)CN(C(C)C)C2.CC(C)c1cccc(C(C)C)c1.CC(C)c1ccccc1C(C)C.CC(C)c1ccnc(C(C)C)c1. The first-order chi connectivity index (χ1) is 62.9. The number of aliphatic imine (C=N–C) groups is 1. The number of hydrogen-bond donors (Lipinski definition) is 0. The average Bonchev–Trinajstić information content (AvgIpc) is 1.58. The minimum atomic E-state index is 0.531. The van der Waals surface area contributed by atoms with Gasteiger partial charge in [0.1, 0.15) is 5.84 Å². The van der Waals surface area contributed by atoms with Crippen LogP contribution in [0.2, 0.25) is 0 Å². The summed E-state index contributed by atoms with van der Waals surface area (Å²) in [6.45, 7) is 131. The van der Waals surface area contributed by atoms with E-state index in [1.54, 1.807) is 0 Å². The van der Waals surface area contributed by atoms with E-state index in [0.717, 1.165) is 96.6 Å². The molecule has 4 saturated heterocycles. The molecular formula is C126H239N7. The summed E-state index contributed by atoms with van der Waals surface area (Å²) in [5, 5.41) is 0. The van der Waals surface area contributed by atoms with Gasteiger partial charge in [-0.25, -0.2) is 0 Å². The summed E-state index contributed by atoms with van der Waals surface area (Å²) >= 11 is 0. The largest absolute Gasteiger partial charge is 0.355 e. The third kappa shape index (κ3) is 54.6. The summed E-state index contributed by atoms with van der Waals surface area (Å²) in [5.74, 6) is 14.9. The van der Waals surface area contributed by atoms with Crippen molar-refractivity contribution in [2.45, 2.75) is 522 Å². The number of amidine groups is 1. The van der Waals surface area contributed by atoms with Crippen molar-refractivity contribution in [2.75, 3.05) is 52.4 Å². The van der Waals surface area contributed by atoms with Crippen LogP contribution in [0.25, 0.3) is 0 Å². The Bertz CT molecular complexity index is 3240. The number of rotatable bonds is 18. The van der Waals surface area contributed by atoms with E-state index >= 15 is 0 Å². The van der Waals surface area contributed by atoms with Crippen LogP contribution < -0.4 is 0 Å². The molecule has 7 aliphatic rings. The number of likely N-dealkylation sites (tertiary alicyclic amines) is 3. The highest BCUT2D eigenvalue weighted by molar-refractivity contribution is 5.86. The first kappa shape index (κ1) is 139. The summed E-state index contributed by atoms with van der Waals surface area (Å²) in [6.07, 6.45) is 13.4. The van der Waals surface area contributed by atoms with Gasteiger partial charge in [0, 0.05) is 74.7 Å². The van der Waals surface area contributed by atoms with Crippen LogP contribution >= 0.6 is 0 Å². The Morgan fingerprint density at radius 2 is 0.654 bits per heavy atom. The lowest BCUT2D eigenvalue weighted by molar-refractivity contribution is 0.117. The monoisotopic (exact) mass is 1850 g/mol. The molecule has 133 heavy (non-hydrogen) atoms. The zero-order chi connectivity index (χ0) is 104. The number of benzene rings is 4. The lowest BCUT2D eigenvalue weighted by Gasteiger charge is -2.37. The Balaban J connectivity index is -0.000000334. The Kier molecular flexibility index (Phi) is 83.7. The van der Waals surface area contributed by atoms with Crippen LogP contribution in [0.4, 0.5) is 0 Å². The summed E-state index contributed by atoms with van der Waals surface area (Å²) in [7, 11) is 0. The van der Waals surface area contributed by atoms with Crippen LogP contribution in [0.15, 0.2) is 114 Å². The predicted molar refractivity (Wildman–Crippen MR) is 614 cm³/mol.